The third kappa shape index (κ3) is 6.06. The van der Waals surface area contributed by atoms with Crippen LogP contribution < -0.4 is 9.47 Å². The third-order valence-corrected chi connectivity index (χ3v) is 6.71. The Labute approximate surface area is 220 Å². The third-order valence-electron chi connectivity index (χ3n) is 5.71. The Morgan fingerprint density at radius 2 is 1.73 bits per heavy atom. The number of carbonyl (C=O) groups excluding carboxylic acids is 1. The number of nitrogens with zero attached hydrogens (tertiary/aromatic N) is 3. The lowest BCUT2D eigenvalue weighted by Crippen LogP contribution is -2.28. The number of hydrogen-bond donors (Lipinski definition) is 1. The number of phenolic OH excluding ortho intramolecular Hbond substituents is 1. The van der Waals surface area contributed by atoms with Gasteiger partial charge in [-0.2, -0.15) is 5.10 Å². The van der Waals surface area contributed by atoms with E-state index in [1.54, 1.807) is 30.5 Å². The average molecular weight is 520 g/mol. The number of carbonyl (C=O) groups is 1. The van der Waals surface area contributed by atoms with Crippen molar-refractivity contribution in [3.63, 3.8) is 0 Å². The minimum atomic E-state index is -0.178. The molecule has 0 aliphatic carbocycles. The predicted molar refractivity (Wildman–Crippen MR) is 146 cm³/mol. The fourth-order valence-electron chi connectivity index (χ4n) is 3.64. The minimum Gasteiger partial charge on any atom is -0.502 e. The Morgan fingerprint density at radius 1 is 1.05 bits per heavy atom. The molecule has 9 heteroatoms. The first kappa shape index (κ1) is 26.1. The van der Waals surface area contributed by atoms with Crippen molar-refractivity contribution in [1.29, 1.82) is 0 Å². The smallest absolute Gasteiger partial charge is 0.267 e. The van der Waals surface area contributed by atoms with Gasteiger partial charge in [0.25, 0.3) is 5.91 Å². The monoisotopic (exact) mass is 519 g/mol. The quantitative estimate of drug-likeness (QED) is 0.241. The van der Waals surface area contributed by atoms with Gasteiger partial charge in [-0.1, -0.05) is 45.0 Å². The second-order valence-corrected chi connectivity index (χ2v) is 10.4. The number of methoxy groups -OCH3 is 2. The molecule has 0 atom stereocenters. The zero-order chi connectivity index (χ0) is 26.6. The summed E-state index contributed by atoms with van der Waals surface area (Å²) in [6, 6.07) is 15.0. The highest BCUT2D eigenvalue weighted by molar-refractivity contribution is 8.18. The zero-order valence-corrected chi connectivity index (χ0v) is 22.2. The molecule has 0 unspecified atom stereocenters. The highest BCUT2D eigenvalue weighted by Crippen LogP contribution is 2.37. The molecule has 0 saturated carbocycles. The molecule has 1 aromatic heterocycles. The Hall–Kier alpha value is -3.98. The summed E-state index contributed by atoms with van der Waals surface area (Å²) >= 11 is 1.25. The number of amidine groups is 1. The van der Waals surface area contributed by atoms with Crippen molar-refractivity contribution in [1.82, 2.24) is 4.90 Å². The SMILES string of the molecule is COc1cc(/C=N/N=C2\S/C(=C\c3ccc(C(C)(C)C)cc3)C(=O)N2Cc2ccco2)cc(OC)c1O. The van der Waals surface area contributed by atoms with Gasteiger partial charge in [0.15, 0.2) is 16.7 Å². The van der Waals surface area contributed by atoms with Crippen LogP contribution >= 0.6 is 11.8 Å². The molecular weight excluding hydrogens is 490 g/mol. The van der Waals surface area contributed by atoms with E-state index < -0.39 is 0 Å². The summed E-state index contributed by atoms with van der Waals surface area (Å²) in [5, 5.41) is 19.1. The molecule has 1 N–H and O–H groups in total. The number of amides is 1. The molecule has 4 rings (SSSR count). The van der Waals surface area contributed by atoms with Gasteiger partial charge in [-0.3, -0.25) is 9.69 Å². The molecule has 37 heavy (non-hydrogen) atoms. The van der Waals surface area contributed by atoms with Gasteiger partial charge in [0.2, 0.25) is 5.75 Å². The molecule has 1 saturated heterocycles. The molecule has 1 amide bonds. The molecule has 0 spiro atoms. The van der Waals surface area contributed by atoms with Gasteiger partial charge < -0.3 is 19.0 Å². The van der Waals surface area contributed by atoms with Crippen molar-refractivity contribution in [2.75, 3.05) is 14.2 Å². The molecular formula is C28H29N3O5S. The van der Waals surface area contributed by atoms with Gasteiger partial charge in [-0.15, -0.1) is 5.10 Å². The molecule has 3 aromatic rings. The van der Waals surface area contributed by atoms with Gasteiger partial charge in [0.05, 0.1) is 38.1 Å². The summed E-state index contributed by atoms with van der Waals surface area (Å²) in [7, 11) is 2.90. The second-order valence-electron chi connectivity index (χ2n) is 9.35. The maximum Gasteiger partial charge on any atom is 0.267 e. The van der Waals surface area contributed by atoms with Crippen LogP contribution in [-0.4, -0.2) is 41.5 Å². The molecule has 1 fully saturated rings. The highest BCUT2D eigenvalue weighted by atomic mass is 32.2. The predicted octanol–water partition coefficient (Wildman–Crippen LogP) is 5.81. The summed E-state index contributed by atoms with van der Waals surface area (Å²) < 4.78 is 15.8. The Bertz CT molecular complexity index is 1330. The van der Waals surface area contributed by atoms with E-state index in [0.717, 1.165) is 5.56 Å². The molecule has 0 radical (unpaired) electrons. The van der Waals surface area contributed by atoms with Gasteiger partial charge in [-0.05, 0) is 58.6 Å². The van der Waals surface area contributed by atoms with E-state index in [0.29, 0.717) is 21.4 Å². The van der Waals surface area contributed by atoms with Gasteiger partial charge >= 0.3 is 0 Å². The average Bonchev–Trinajstić information content (AvgIpc) is 3.49. The van der Waals surface area contributed by atoms with Gasteiger partial charge in [0.1, 0.15) is 5.76 Å². The minimum absolute atomic E-state index is 0.0484. The first-order valence-corrected chi connectivity index (χ1v) is 12.4. The summed E-state index contributed by atoms with van der Waals surface area (Å²) in [6.45, 7) is 6.72. The van der Waals surface area contributed by atoms with E-state index >= 15 is 0 Å². The van der Waals surface area contributed by atoms with Crippen LogP contribution in [0.5, 0.6) is 17.2 Å². The van der Waals surface area contributed by atoms with E-state index in [9.17, 15) is 9.90 Å². The number of aromatic hydroxyl groups is 1. The topological polar surface area (TPSA) is 96.9 Å². The number of ether oxygens (including phenoxy) is 2. The number of benzene rings is 2. The lowest BCUT2D eigenvalue weighted by atomic mass is 9.87. The van der Waals surface area contributed by atoms with Crippen LogP contribution in [0.1, 0.15) is 43.2 Å². The fourth-order valence-corrected chi connectivity index (χ4v) is 4.58. The Morgan fingerprint density at radius 3 is 2.30 bits per heavy atom. The standard InChI is InChI=1S/C28H29N3O5S/c1-28(2,3)20-10-8-18(9-11-20)15-24-26(33)31(17-21-7-6-12-36-21)27(37-24)30-29-16-19-13-22(34-4)25(32)23(14-19)35-5/h6-16,32H,17H2,1-5H3/b24-15-,29-16+,30-27-. The maximum absolute atomic E-state index is 13.3. The van der Waals surface area contributed by atoms with E-state index in [-0.39, 0.29) is 35.1 Å². The van der Waals surface area contributed by atoms with Crippen molar-refractivity contribution in [2.45, 2.75) is 32.7 Å². The van der Waals surface area contributed by atoms with Crippen molar-refractivity contribution < 1.29 is 23.8 Å². The Balaban J connectivity index is 1.62. The summed E-state index contributed by atoms with van der Waals surface area (Å²) in [5.74, 6) is 0.861. The molecule has 2 heterocycles. The fraction of sp³-hybridized carbons (Fsp3) is 0.250. The van der Waals surface area contributed by atoms with Crippen LogP contribution in [0, 0.1) is 0 Å². The van der Waals surface area contributed by atoms with Crippen LogP contribution in [0.3, 0.4) is 0 Å². The molecule has 1 aliphatic rings. The number of furan rings is 1. The number of phenols is 1. The molecule has 1 aliphatic heterocycles. The van der Waals surface area contributed by atoms with Crippen LogP contribution in [0.15, 0.2) is 74.3 Å². The van der Waals surface area contributed by atoms with Crippen molar-refractivity contribution in [3.05, 3.63) is 82.1 Å². The summed E-state index contributed by atoms with van der Waals surface area (Å²) in [6.07, 6.45) is 4.92. The van der Waals surface area contributed by atoms with Crippen LogP contribution in [0.4, 0.5) is 0 Å². The highest BCUT2D eigenvalue weighted by Gasteiger charge is 2.34. The Kier molecular flexibility index (Phi) is 7.73. The maximum atomic E-state index is 13.3. The summed E-state index contributed by atoms with van der Waals surface area (Å²) in [4.78, 5) is 15.4. The van der Waals surface area contributed by atoms with E-state index in [2.05, 4.69) is 43.1 Å². The zero-order valence-electron chi connectivity index (χ0n) is 21.4. The van der Waals surface area contributed by atoms with Crippen molar-refractivity contribution >= 4 is 35.1 Å². The first-order chi connectivity index (χ1) is 17.7. The molecule has 192 valence electrons. The number of rotatable bonds is 7. The van der Waals surface area contributed by atoms with Crippen LogP contribution in [0.2, 0.25) is 0 Å². The lowest BCUT2D eigenvalue weighted by Gasteiger charge is -2.18. The number of thioether (sulfide) groups is 1. The van der Waals surface area contributed by atoms with E-state index in [4.69, 9.17) is 13.9 Å². The van der Waals surface area contributed by atoms with Crippen molar-refractivity contribution in [3.8, 4) is 17.2 Å². The van der Waals surface area contributed by atoms with E-state index in [1.807, 2.05) is 18.2 Å². The molecule has 8 nitrogen and oxygen atoms in total. The van der Waals surface area contributed by atoms with Crippen molar-refractivity contribution in [2.24, 2.45) is 10.2 Å². The normalized spacial score (nSPS) is 16.4. The van der Waals surface area contributed by atoms with E-state index in [1.165, 1.54) is 42.7 Å². The summed E-state index contributed by atoms with van der Waals surface area (Å²) in [5.41, 5.74) is 2.80. The largest absolute Gasteiger partial charge is 0.502 e. The molecule has 2 aromatic carbocycles. The molecule has 0 bridgehead atoms. The van der Waals surface area contributed by atoms with Crippen LogP contribution in [-0.2, 0) is 16.8 Å². The second kappa shape index (κ2) is 11.0. The van der Waals surface area contributed by atoms with Gasteiger partial charge in [-0.25, -0.2) is 0 Å². The lowest BCUT2D eigenvalue weighted by molar-refractivity contribution is -0.122. The van der Waals surface area contributed by atoms with Crippen LogP contribution in [0.25, 0.3) is 6.08 Å². The first-order valence-electron chi connectivity index (χ1n) is 11.6. The van der Waals surface area contributed by atoms with Gasteiger partial charge in [0, 0.05) is 5.56 Å². The number of hydrogen-bond acceptors (Lipinski definition) is 8.